The zero-order valence-electron chi connectivity index (χ0n) is 7.19. The van der Waals surface area contributed by atoms with Crippen molar-refractivity contribution in [1.29, 1.82) is 0 Å². The van der Waals surface area contributed by atoms with Crippen molar-refractivity contribution >= 4 is 0 Å². The maximum atomic E-state index is 2.38. The molecule has 3 rings (SSSR count). The van der Waals surface area contributed by atoms with E-state index in [-0.39, 0.29) is 0 Å². The van der Waals surface area contributed by atoms with Gasteiger partial charge in [-0.15, -0.1) is 0 Å². The lowest BCUT2D eigenvalue weighted by molar-refractivity contribution is 0.0243. The molecule has 0 spiro atoms. The normalized spacial score (nSPS) is 51.0. The van der Waals surface area contributed by atoms with Gasteiger partial charge >= 0.3 is 0 Å². The Bertz CT molecular complexity index is 135. The summed E-state index contributed by atoms with van der Waals surface area (Å²) in [4.78, 5) is 0. The second-order valence-electron chi connectivity index (χ2n) is 4.23. The van der Waals surface area contributed by atoms with Crippen LogP contribution >= 0.6 is 0 Å². The Hall–Kier alpha value is 0. The summed E-state index contributed by atoms with van der Waals surface area (Å²) < 4.78 is 0. The van der Waals surface area contributed by atoms with Gasteiger partial charge in [-0.25, -0.2) is 0 Å². The molecule has 58 valence electrons. The van der Waals surface area contributed by atoms with Gasteiger partial charge in [-0.05, 0) is 36.5 Å². The van der Waals surface area contributed by atoms with E-state index < -0.39 is 0 Å². The number of hydrogen-bond acceptors (Lipinski definition) is 0. The van der Waals surface area contributed by atoms with Crippen LogP contribution in [0.15, 0.2) is 0 Å². The molecular weight excluding hydrogens is 120 g/mol. The van der Waals surface area contributed by atoms with Crippen LogP contribution in [0.5, 0.6) is 0 Å². The summed E-state index contributed by atoms with van der Waals surface area (Å²) in [5.74, 6) is 2.27. The predicted octanol–water partition coefficient (Wildman–Crippen LogP) is 3.22. The monoisotopic (exact) mass is 138 g/mol. The standard InChI is InChI=1S/C10H18/c1-3-9-8-5-6-10(9,4-2)7-8/h8-9H,3-7H2,1-2H3. The van der Waals surface area contributed by atoms with Gasteiger partial charge in [-0.2, -0.15) is 0 Å². The van der Waals surface area contributed by atoms with Crippen molar-refractivity contribution in [3.8, 4) is 0 Å². The van der Waals surface area contributed by atoms with E-state index in [4.69, 9.17) is 0 Å². The Balaban J connectivity index is 2.11. The molecule has 0 saturated heterocycles. The topological polar surface area (TPSA) is 0 Å². The van der Waals surface area contributed by atoms with E-state index in [1.807, 2.05) is 0 Å². The minimum absolute atomic E-state index is 0.847. The van der Waals surface area contributed by atoms with Crippen molar-refractivity contribution in [2.45, 2.75) is 46.0 Å². The van der Waals surface area contributed by atoms with Crippen LogP contribution < -0.4 is 0 Å². The summed E-state index contributed by atoms with van der Waals surface area (Å²) in [6.07, 6.45) is 7.56. The minimum Gasteiger partial charge on any atom is -0.0651 e. The van der Waals surface area contributed by atoms with Crippen molar-refractivity contribution in [3.05, 3.63) is 0 Å². The van der Waals surface area contributed by atoms with E-state index in [9.17, 15) is 0 Å². The molecular formula is C10H18. The molecule has 0 aliphatic heterocycles. The van der Waals surface area contributed by atoms with Gasteiger partial charge < -0.3 is 0 Å². The molecule has 0 heteroatoms. The third-order valence-corrected chi connectivity index (χ3v) is 4.18. The smallest absolute Gasteiger partial charge is 0.0266 e. The van der Waals surface area contributed by atoms with Gasteiger partial charge in [0.25, 0.3) is 0 Å². The first kappa shape index (κ1) is 6.69. The van der Waals surface area contributed by atoms with Crippen molar-refractivity contribution in [2.75, 3.05) is 0 Å². The van der Waals surface area contributed by atoms with Crippen LogP contribution in [0, 0.1) is 17.3 Å². The lowest BCUT2D eigenvalue weighted by atomic mass is 9.58. The van der Waals surface area contributed by atoms with E-state index >= 15 is 0 Å². The average molecular weight is 138 g/mol. The summed E-state index contributed by atoms with van der Waals surface area (Å²) in [5, 5.41) is 0. The molecule has 0 amide bonds. The summed E-state index contributed by atoms with van der Waals surface area (Å²) in [6, 6.07) is 0. The lowest BCUT2D eigenvalue weighted by Gasteiger charge is -2.47. The second-order valence-corrected chi connectivity index (χ2v) is 4.23. The molecule has 3 unspecified atom stereocenters. The van der Waals surface area contributed by atoms with Crippen LogP contribution in [-0.4, -0.2) is 0 Å². The fourth-order valence-electron chi connectivity index (χ4n) is 3.57. The number of fused-ring (bicyclic) bond motifs is 1. The summed E-state index contributed by atoms with van der Waals surface area (Å²) in [7, 11) is 0. The molecule has 0 N–H and O–H groups in total. The highest BCUT2D eigenvalue weighted by Gasteiger charge is 2.56. The van der Waals surface area contributed by atoms with E-state index in [1.165, 1.54) is 12.8 Å². The molecule has 3 saturated carbocycles. The first-order valence-corrected chi connectivity index (χ1v) is 4.82. The maximum absolute atomic E-state index is 2.38. The predicted molar refractivity (Wildman–Crippen MR) is 43.8 cm³/mol. The van der Waals surface area contributed by atoms with Crippen molar-refractivity contribution in [1.82, 2.24) is 0 Å². The van der Waals surface area contributed by atoms with Gasteiger partial charge in [0.15, 0.2) is 0 Å². The summed E-state index contributed by atoms with van der Waals surface area (Å²) in [5.41, 5.74) is 0.847. The Morgan fingerprint density at radius 2 is 2.20 bits per heavy atom. The molecule has 0 heterocycles. The van der Waals surface area contributed by atoms with Gasteiger partial charge in [0, 0.05) is 0 Å². The van der Waals surface area contributed by atoms with Crippen LogP contribution in [0.2, 0.25) is 0 Å². The van der Waals surface area contributed by atoms with Gasteiger partial charge in [0.1, 0.15) is 0 Å². The quantitative estimate of drug-likeness (QED) is 0.549. The number of hydrogen-bond donors (Lipinski definition) is 0. The summed E-state index contributed by atoms with van der Waals surface area (Å²) >= 11 is 0. The van der Waals surface area contributed by atoms with Crippen LogP contribution in [0.1, 0.15) is 46.0 Å². The molecule has 0 aromatic rings. The Labute approximate surface area is 64.0 Å². The van der Waals surface area contributed by atoms with E-state index in [1.54, 1.807) is 19.3 Å². The first-order valence-electron chi connectivity index (χ1n) is 4.82. The molecule has 3 aliphatic carbocycles. The minimum atomic E-state index is 0.847. The van der Waals surface area contributed by atoms with Crippen LogP contribution in [0.4, 0.5) is 0 Å². The lowest BCUT2D eigenvalue weighted by Crippen LogP contribution is -2.39. The fraction of sp³-hybridized carbons (Fsp3) is 1.00. The highest BCUT2D eigenvalue weighted by Crippen LogP contribution is 2.65. The van der Waals surface area contributed by atoms with E-state index in [2.05, 4.69) is 13.8 Å². The SMILES string of the molecule is CCC1C2CCC1(CC)C2. The van der Waals surface area contributed by atoms with Crippen LogP contribution in [-0.2, 0) is 0 Å². The summed E-state index contributed by atoms with van der Waals surface area (Å²) in [6.45, 7) is 4.75. The third-order valence-electron chi connectivity index (χ3n) is 4.18. The molecule has 3 fully saturated rings. The van der Waals surface area contributed by atoms with Gasteiger partial charge in [0.2, 0.25) is 0 Å². The Morgan fingerprint density at radius 1 is 1.40 bits per heavy atom. The van der Waals surface area contributed by atoms with Crippen LogP contribution in [0.3, 0.4) is 0 Å². The molecule has 10 heavy (non-hydrogen) atoms. The molecule has 0 radical (unpaired) electrons. The van der Waals surface area contributed by atoms with Crippen molar-refractivity contribution in [2.24, 2.45) is 17.3 Å². The average Bonchev–Trinajstić information content (AvgIpc) is 2.43. The Morgan fingerprint density at radius 3 is 2.60 bits per heavy atom. The molecule has 3 atom stereocenters. The molecule has 0 aromatic carbocycles. The van der Waals surface area contributed by atoms with E-state index in [0.717, 1.165) is 17.3 Å². The third kappa shape index (κ3) is 0.580. The maximum Gasteiger partial charge on any atom is -0.0266 e. The van der Waals surface area contributed by atoms with Gasteiger partial charge in [0.05, 0.1) is 0 Å². The molecule has 0 aromatic heterocycles. The van der Waals surface area contributed by atoms with Crippen molar-refractivity contribution < 1.29 is 0 Å². The van der Waals surface area contributed by atoms with E-state index in [0.29, 0.717) is 0 Å². The van der Waals surface area contributed by atoms with Gasteiger partial charge in [-0.1, -0.05) is 26.7 Å². The highest BCUT2D eigenvalue weighted by atomic mass is 14.6. The molecule has 2 bridgehead atoms. The van der Waals surface area contributed by atoms with Crippen molar-refractivity contribution in [3.63, 3.8) is 0 Å². The number of rotatable bonds is 2. The largest absolute Gasteiger partial charge is 0.0651 e. The van der Waals surface area contributed by atoms with Crippen LogP contribution in [0.25, 0.3) is 0 Å². The highest BCUT2D eigenvalue weighted by molar-refractivity contribution is 5.06. The zero-order valence-corrected chi connectivity index (χ0v) is 7.19. The second kappa shape index (κ2) is 1.99. The van der Waals surface area contributed by atoms with Gasteiger partial charge in [-0.3, -0.25) is 0 Å². The fourth-order valence-corrected chi connectivity index (χ4v) is 3.57. The molecule has 3 aliphatic rings. The zero-order chi connectivity index (χ0) is 7.19. The first-order chi connectivity index (χ1) is 4.82. The Kier molecular flexibility index (Phi) is 1.33. The molecule has 0 nitrogen and oxygen atoms in total.